The van der Waals surface area contributed by atoms with Crippen molar-refractivity contribution in [3.8, 4) is 6.07 Å². The summed E-state index contributed by atoms with van der Waals surface area (Å²) in [6.45, 7) is 3.03. The third-order valence-electron chi connectivity index (χ3n) is 3.61. The standard InChI is InChI=1S/C15H18N2O/c1-2-14-4-3-9-17(14)15(18)10-12-5-7-13(11-16)8-6-12/h5-8,14H,2-4,9-10H2,1H3. The Hall–Kier alpha value is -1.82. The smallest absolute Gasteiger partial charge is 0.227 e. The quantitative estimate of drug-likeness (QED) is 0.817. The van der Waals surface area contributed by atoms with Crippen LogP contribution in [0.4, 0.5) is 0 Å². The van der Waals surface area contributed by atoms with Crippen LogP contribution in [0.15, 0.2) is 24.3 Å². The first-order valence-corrected chi connectivity index (χ1v) is 6.53. The van der Waals surface area contributed by atoms with E-state index in [4.69, 9.17) is 5.26 Å². The molecule has 1 heterocycles. The Morgan fingerprint density at radius 2 is 2.17 bits per heavy atom. The topological polar surface area (TPSA) is 44.1 Å². The molecule has 0 spiro atoms. The molecule has 1 aliphatic heterocycles. The van der Waals surface area contributed by atoms with Crippen molar-refractivity contribution in [3.05, 3.63) is 35.4 Å². The molecule has 0 aromatic heterocycles. The second-order valence-electron chi connectivity index (χ2n) is 4.78. The number of hydrogen-bond donors (Lipinski definition) is 0. The lowest BCUT2D eigenvalue weighted by molar-refractivity contribution is -0.131. The predicted octanol–water partition coefficient (Wildman–Crippen LogP) is 2.50. The normalized spacial score (nSPS) is 18.7. The van der Waals surface area contributed by atoms with E-state index < -0.39 is 0 Å². The van der Waals surface area contributed by atoms with Gasteiger partial charge in [-0.15, -0.1) is 0 Å². The first-order chi connectivity index (χ1) is 8.74. The van der Waals surface area contributed by atoms with E-state index in [0.29, 0.717) is 18.0 Å². The van der Waals surface area contributed by atoms with Crippen molar-refractivity contribution in [2.45, 2.75) is 38.6 Å². The van der Waals surface area contributed by atoms with Crippen LogP contribution in [0.5, 0.6) is 0 Å². The summed E-state index contributed by atoms with van der Waals surface area (Å²) in [5.41, 5.74) is 1.62. The number of rotatable bonds is 3. The number of hydrogen-bond acceptors (Lipinski definition) is 2. The molecule has 0 N–H and O–H groups in total. The number of nitriles is 1. The number of carbonyl (C=O) groups excluding carboxylic acids is 1. The molecule has 0 bridgehead atoms. The zero-order chi connectivity index (χ0) is 13.0. The fourth-order valence-corrected chi connectivity index (χ4v) is 2.56. The number of amides is 1. The lowest BCUT2D eigenvalue weighted by Gasteiger charge is -2.23. The van der Waals surface area contributed by atoms with Crippen LogP contribution in [-0.4, -0.2) is 23.4 Å². The minimum absolute atomic E-state index is 0.212. The molecule has 18 heavy (non-hydrogen) atoms. The molecular weight excluding hydrogens is 224 g/mol. The summed E-state index contributed by atoms with van der Waals surface area (Å²) in [5.74, 6) is 0.212. The monoisotopic (exact) mass is 242 g/mol. The molecule has 0 saturated carbocycles. The maximum Gasteiger partial charge on any atom is 0.227 e. The third kappa shape index (κ3) is 2.70. The van der Waals surface area contributed by atoms with Crippen molar-refractivity contribution in [2.75, 3.05) is 6.54 Å². The van der Waals surface area contributed by atoms with Crippen molar-refractivity contribution >= 4 is 5.91 Å². The van der Waals surface area contributed by atoms with Crippen LogP contribution in [0.3, 0.4) is 0 Å². The summed E-state index contributed by atoms with van der Waals surface area (Å²) < 4.78 is 0. The number of benzene rings is 1. The van der Waals surface area contributed by atoms with Crippen molar-refractivity contribution in [3.63, 3.8) is 0 Å². The van der Waals surface area contributed by atoms with Crippen LogP contribution in [-0.2, 0) is 11.2 Å². The average Bonchev–Trinajstić information content (AvgIpc) is 2.88. The van der Waals surface area contributed by atoms with E-state index in [-0.39, 0.29) is 5.91 Å². The van der Waals surface area contributed by atoms with Crippen LogP contribution in [0.2, 0.25) is 0 Å². The van der Waals surface area contributed by atoms with Crippen LogP contribution < -0.4 is 0 Å². The SMILES string of the molecule is CCC1CCCN1C(=O)Cc1ccc(C#N)cc1. The molecule has 1 aliphatic rings. The van der Waals surface area contributed by atoms with Gasteiger partial charge in [0, 0.05) is 12.6 Å². The fraction of sp³-hybridized carbons (Fsp3) is 0.467. The van der Waals surface area contributed by atoms with Crippen LogP contribution >= 0.6 is 0 Å². The fourth-order valence-electron chi connectivity index (χ4n) is 2.56. The van der Waals surface area contributed by atoms with Gasteiger partial charge in [0.25, 0.3) is 0 Å². The van der Waals surface area contributed by atoms with Gasteiger partial charge in [-0.05, 0) is 37.0 Å². The van der Waals surface area contributed by atoms with E-state index in [1.807, 2.05) is 17.0 Å². The molecule has 0 radical (unpaired) electrons. The summed E-state index contributed by atoms with van der Waals surface area (Å²) in [4.78, 5) is 14.2. The predicted molar refractivity (Wildman–Crippen MR) is 69.9 cm³/mol. The summed E-state index contributed by atoms with van der Waals surface area (Å²) >= 11 is 0. The van der Waals surface area contributed by atoms with Gasteiger partial charge in [-0.1, -0.05) is 19.1 Å². The Labute approximate surface area is 108 Å². The maximum absolute atomic E-state index is 12.2. The Morgan fingerprint density at radius 3 is 2.78 bits per heavy atom. The first kappa shape index (κ1) is 12.6. The van der Waals surface area contributed by atoms with Crippen molar-refractivity contribution in [1.82, 2.24) is 4.90 Å². The van der Waals surface area contributed by atoms with Gasteiger partial charge >= 0.3 is 0 Å². The molecule has 1 fully saturated rings. The van der Waals surface area contributed by atoms with Crippen LogP contribution in [0.1, 0.15) is 37.3 Å². The van der Waals surface area contributed by atoms with Crippen molar-refractivity contribution in [2.24, 2.45) is 0 Å². The zero-order valence-corrected chi connectivity index (χ0v) is 10.7. The summed E-state index contributed by atoms with van der Waals surface area (Å²) in [6, 6.07) is 9.78. The van der Waals surface area contributed by atoms with Gasteiger partial charge in [0.15, 0.2) is 0 Å². The largest absolute Gasteiger partial charge is 0.339 e. The molecule has 0 aliphatic carbocycles. The number of carbonyl (C=O) groups is 1. The van der Waals surface area contributed by atoms with Gasteiger partial charge in [0.2, 0.25) is 5.91 Å². The van der Waals surface area contributed by atoms with E-state index in [0.717, 1.165) is 31.4 Å². The molecule has 1 unspecified atom stereocenters. The van der Waals surface area contributed by atoms with Crippen LogP contribution in [0.25, 0.3) is 0 Å². The Kier molecular flexibility index (Phi) is 3.99. The van der Waals surface area contributed by atoms with Gasteiger partial charge in [-0.3, -0.25) is 4.79 Å². The molecule has 94 valence electrons. The van der Waals surface area contributed by atoms with Gasteiger partial charge in [0.1, 0.15) is 0 Å². The Morgan fingerprint density at radius 1 is 1.44 bits per heavy atom. The highest BCUT2D eigenvalue weighted by molar-refractivity contribution is 5.79. The van der Waals surface area contributed by atoms with E-state index in [1.165, 1.54) is 0 Å². The summed E-state index contributed by atoms with van der Waals surface area (Å²) in [7, 11) is 0. The molecule has 1 aromatic carbocycles. The van der Waals surface area contributed by atoms with Gasteiger partial charge in [-0.2, -0.15) is 5.26 Å². The van der Waals surface area contributed by atoms with Crippen molar-refractivity contribution < 1.29 is 4.79 Å². The highest BCUT2D eigenvalue weighted by Crippen LogP contribution is 2.20. The maximum atomic E-state index is 12.2. The van der Waals surface area contributed by atoms with Gasteiger partial charge < -0.3 is 4.90 Å². The second kappa shape index (κ2) is 5.68. The molecule has 1 amide bonds. The molecule has 3 heteroatoms. The molecule has 3 nitrogen and oxygen atoms in total. The lowest BCUT2D eigenvalue weighted by Crippen LogP contribution is -2.36. The molecular formula is C15H18N2O. The Balaban J connectivity index is 2.00. The average molecular weight is 242 g/mol. The van der Waals surface area contributed by atoms with Gasteiger partial charge in [-0.25, -0.2) is 0 Å². The highest BCUT2D eigenvalue weighted by Gasteiger charge is 2.26. The summed E-state index contributed by atoms with van der Waals surface area (Å²) in [6.07, 6.45) is 3.74. The van der Waals surface area contributed by atoms with Gasteiger partial charge in [0.05, 0.1) is 18.1 Å². The summed E-state index contributed by atoms with van der Waals surface area (Å²) in [5, 5.41) is 8.72. The van der Waals surface area contributed by atoms with E-state index >= 15 is 0 Å². The van der Waals surface area contributed by atoms with E-state index in [2.05, 4.69) is 13.0 Å². The highest BCUT2D eigenvalue weighted by atomic mass is 16.2. The molecule has 2 rings (SSSR count). The van der Waals surface area contributed by atoms with Crippen molar-refractivity contribution in [1.29, 1.82) is 5.26 Å². The van der Waals surface area contributed by atoms with Crippen LogP contribution in [0, 0.1) is 11.3 Å². The third-order valence-corrected chi connectivity index (χ3v) is 3.61. The first-order valence-electron chi connectivity index (χ1n) is 6.53. The Bertz CT molecular complexity index is 458. The molecule has 1 saturated heterocycles. The van der Waals surface area contributed by atoms with E-state index in [1.54, 1.807) is 12.1 Å². The van der Waals surface area contributed by atoms with E-state index in [9.17, 15) is 4.79 Å². The minimum Gasteiger partial charge on any atom is -0.339 e. The zero-order valence-electron chi connectivity index (χ0n) is 10.7. The molecule has 1 atom stereocenters. The molecule has 1 aromatic rings. The lowest BCUT2D eigenvalue weighted by atomic mass is 10.1. The minimum atomic E-state index is 0.212. The second-order valence-corrected chi connectivity index (χ2v) is 4.78. The number of likely N-dealkylation sites (tertiary alicyclic amines) is 1. The number of nitrogens with zero attached hydrogens (tertiary/aromatic N) is 2.